The second kappa shape index (κ2) is 22.3. The highest BCUT2D eigenvalue weighted by Crippen LogP contribution is 2.14. The van der Waals surface area contributed by atoms with Gasteiger partial charge in [0.05, 0.1) is 13.0 Å². The molecular formula is C25H46O8. The summed E-state index contributed by atoms with van der Waals surface area (Å²) < 4.78 is 9.13. The summed E-state index contributed by atoms with van der Waals surface area (Å²) in [5.74, 6) is -2.81. The molecule has 8 heteroatoms. The van der Waals surface area contributed by atoms with Gasteiger partial charge in [-0.15, -0.1) is 0 Å². The van der Waals surface area contributed by atoms with Crippen molar-refractivity contribution in [2.24, 2.45) is 0 Å². The maximum absolute atomic E-state index is 11.7. The molecule has 0 amide bonds. The minimum atomic E-state index is -1.79. The van der Waals surface area contributed by atoms with Crippen molar-refractivity contribution >= 4 is 17.9 Å². The van der Waals surface area contributed by atoms with Gasteiger partial charge in [-0.1, -0.05) is 96.8 Å². The first-order valence-electron chi connectivity index (χ1n) is 12.8. The Balaban J connectivity index is 3.54. The van der Waals surface area contributed by atoms with E-state index >= 15 is 0 Å². The Bertz CT molecular complexity index is 509. The molecule has 0 aromatic rings. The van der Waals surface area contributed by atoms with Crippen molar-refractivity contribution in [1.29, 1.82) is 0 Å². The maximum atomic E-state index is 11.7. The van der Waals surface area contributed by atoms with Gasteiger partial charge in [-0.25, -0.2) is 4.79 Å². The van der Waals surface area contributed by atoms with Crippen molar-refractivity contribution in [3.63, 3.8) is 0 Å². The predicted molar refractivity (Wildman–Crippen MR) is 125 cm³/mol. The lowest BCUT2D eigenvalue weighted by Gasteiger charge is -2.12. The van der Waals surface area contributed by atoms with Crippen LogP contribution in [0.25, 0.3) is 0 Å². The molecule has 0 saturated carbocycles. The van der Waals surface area contributed by atoms with Crippen LogP contribution in [0.5, 0.6) is 0 Å². The number of aliphatic hydroxyl groups excluding tert-OH is 3. The van der Waals surface area contributed by atoms with E-state index in [9.17, 15) is 19.5 Å². The van der Waals surface area contributed by atoms with Crippen LogP contribution in [-0.4, -0.2) is 58.6 Å². The van der Waals surface area contributed by atoms with E-state index in [1.807, 2.05) is 0 Å². The number of carbonyl (C=O) groups excluding carboxylic acids is 3. The molecule has 0 saturated heterocycles. The molecule has 0 heterocycles. The van der Waals surface area contributed by atoms with Crippen LogP contribution in [0.15, 0.2) is 0 Å². The van der Waals surface area contributed by atoms with Gasteiger partial charge >= 0.3 is 17.9 Å². The van der Waals surface area contributed by atoms with Crippen LogP contribution in [0.3, 0.4) is 0 Å². The Hall–Kier alpha value is -1.51. The number of hydrogen-bond acceptors (Lipinski definition) is 8. The van der Waals surface area contributed by atoms with E-state index in [4.69, 9.17) is 10.2 Å². The SMILES string of the molecule is CCCCCCCCCCCCCCCCCC(=O)OC(=O)CC(O)C(=O)OCC(O)CO. The molecule has 8 nitrogen and oxygen atoms in total. The van der Waals surface area contributed by atoms with Crippen molar-refractivity contribution in [2.75, 3.05) is 13.2 Å². The molecule has 2 atom stereocenters. The molecule has 0 aromatic heterocycles. The number of carbonyl (C=O) groups is 3. The van der Waals surface area contributed by atoms with E-state index in [1.54, 1.807) is 0 Å². The van der Waals surface area contributed by atoms with E-state index in [0.29, 0.717) is 6.42 Å². The van der Waals surface area contributed by atoms with E-state index < -0.39 is 49.8 Å². The van der Waals surface area contributed by atoms with Crippen LogP contribution >= 0.6 is 0 Å². The lowest BCUT2D eigenvalue weighted by Crippen LogP contribution is -2.31. The van der Waals surface area contributed by atoms with Crippen LogP contribution in [0.2, 0.25) is 0 Å². The highest BCUT2D eigenvalue weighted by Gasteiger charge is 2.23. The highest BCUT2D eigenvalue weighted by molar-refractivity contribution is 5.88. The Morgan fingerprint density at radius 2 is 1.15 bits per heavy atom. The third-order valence-electron chi connectivity index (χ3n) is 5.47. The average molecular weight is 475 g/mol. The molecule has 0 fully saturated rings. The number of hydrogen-bond donors (Lipinski definition) is 3. The summed E-state index contributed by atoms with van der Waals surface area (Å²) in [6, 6.07) is 0. The Morgan fingerprint density at radius 3 is 1.61 bits per heavy atom. The Morgan fingerprint density at radius 1 is 0.697 bits per heavy atom. The molecule has 33 heavy (non-hydrogen) atoms. The highest BCUT2D eigenvalue weighted by atomic mass is 16.6. The zero-order valence-electron chi connectivity index (χ0n) is 20.5. The topological polar surface area (TPSA) is 130 Å². The fraction of sp³-hybridized carbons (Fsp3) is 0.880. The number of ether oxygens (including phenoxy) is 2. The summed E-state index contributed by atoms with van der Waals surface area (Å²) >= 11 is 0. The molecule has 194 valence electrons. The van der Waals surface area contributed by atoms with Gasteiger partial charge in [-0.3, -0.25) is 9.59 Å². The third-order valence-corrected chi connectivity index (χ3v) is 5.47. The summed E-state index contributed by atoms with van der Waals surface area (Å²) in [4.78, 5) is 34.8. The van der Waals surface area contributed by atoms with E-state index in [0.717, 1.165) is 19.3 Å². The van der Waals surface area contributed by atoms with Crippen LogP contribution < -0.4 is 0 Å². The molecule has 0 aliphatic rings. The van der Waals surface area contributed by atoms with Crippen molar-refractivity contribution in [1.82, 2.24) is 0 Å². The first-order chi connectivity index (χ1) is 15.9. The number of rotatable bonds is 22. The number of aliphatic hydroxyl groups is 3. The molecule has 0 spiro atoms. The van der Waals surface area contributed by atoms with Crippen LogP contribution in [0, 0.1) is 0 Å². The number of esters is 3. The first kappa shape index (κ1) is 31.5. The molecule has 0 aliphatic heterocycles. The van der Waals surface area contributed by atoms with Crippen molar-refractivity contribution in [3.8, 4) is 0 Å². The molecule has 2 unspecified atom stereocenters. The summed E-state index contributed by atoms with van der Waals surface area (Å²) in [5.41, 5.74) is 0. The smallest absolute Gasteiger partial charge is 0.335 e. The van der Waals surface area contributed by atoms with Crippen LogP contribution in [0.4, 0.5) is 0 Å². The maximum Gasteiger partial charge on any atom is 0.335 e. The minimum Gasteiger partial charge on any atom is -0.461 e. The minimum absolute atomic E-state index is 0.118. The lowest BCUT2D eigenvalue weighted by atomic mass is 10.0. The Labute approximate surface area is 199 Å². The van der Waals surface area contributed by atoms with Gasteiger partial charge in [0.15, 0.2) is 6.10 Å². The average Bonchev–Trinajstić information content (AvgIpc) is 2.79. The number of unbranched alkanes of at least 4 members (excludes halogenated alkanes) is 14. The van der Waals surface area contributed by atoms with Gasteiger partial charge in [0.1, 0.15) is 12.7 Å². The quantitative estimate of drug-likeness (QED) is 0.122. The summed E-state index contributed by atoms with van der Waals surface area (Å²) in [5, 5.41) is 27.3. The van der Waals surface area contributed by atoms with Gasteiger partial charge in [0.2, 0.25) is 0 Å². The molecule has 0 aliphatic carbocycles. The molecule has 0 bridgehead atoms. The normalized spacial score (nSPS) is 12.8. The third kappa shape index (κ3) is 20.8. The van der Waals surface area contributed by atoms with Gasteiger partial charge in [-0.2, -0.15) is 0 Å². The van der Waals surface area contributed by atoms with Gasteiger partial charge in [-0.05, 0) is 6.42 Å². The molecule has 0 radical (unpaired) electrons. The van der Waals surface area contributed by atoms with Crippen LogP contribution in [-0.2, 0) is 23.9 Å². The molecule has 0 rings (SSSR count). The summed E-state index contributed by atoms with van der Waals surface area (Å²) in [6.45, 7) is 1.14. The first-order valence-corrected chi connectivity index (χ1v) is 12.8. The Kier molecular flexibility index (Phi) is 21.3. The van der Waals surface area contributed by atoms with E-state index in [1.165, 1.54) is 70.6 Å². The van der Waals surface area contributed by atoms with E-state index in [-0.39, 0.29) is 6.42 Å². The van der Waals surface area contributed by atoms with Gasteiger partial charge in [0, 0.05) is 6.42 Å². The monoisotopic (exact) mass is 474 g/mol. The predicted octanol–water partition coefficient (Wildman–Crippen LogP) is 3.97. The summed E-state index contributed by atoms with van der Waals surface area (Å²) in [7, 11) is 0. The second-order valence-electron chi connectivity index (χ2n) is 8.73. The van der Waals surface area contributed by atoms with Gasteiger partial charge < -0.3 is 24.8 Å². The fourth-order valence-electron chi connectivity index (χ4n) is 3.43. The summed E-state index contributed by atoms with van der Waals surface area (Å²) in [6.07, 6.45) is 14.7. The molecule has 0 aromatic carbocycles. The van der Waals surface area contributed by atoms with Crippen molar-refractivity contribution in [2.45, 2.75) is 128 Å². The largest absolute Gasteiger partial charge is 0.461 e. The fourth-order valence-corrected chi connectivity index (χ4v) is 3.43. The van der Waals surface area contributed by atoms with Crippen LogP contribution in [0.1, 0.15) is 116 Å². The second-order valence-corrected chi connectivity index (χ2v) is 8.73. The van der Waals surface area contributed by atoms with E-state index in [2.05, 4.69) is 16.4 Å². The van der Waals surface area contributed by atoms with Gasteiger partial charge in [0.25, 0.3) is 0 Å². The van der Waals surface area contributed by atoms with Crippen molar-refractivity contribution < 1.29 is 39.2 Å². The zero-order chi connectivity index (χ0) is 24.7. The molecule has 3 N–H and O–H groups in total. The zero-order valence-corrected chi connectivity index (χ0v) is 20.5. The lowest BCUT2D eigenvalue weighted by molar-refractivity contribution is -0.167. The molecular weight excluding hydrogens is 428 g/mol. The van der Waals surface area contributed by atoms with Crippen molar-refractivity contribution in [3.05, 3.63) is 0 Å². The standard InChI is InChI=1S/C25H46O8/c1-2-3-4-5-6-7-8-9-10-11-12-13-14-15-16-17-23(29)33-24(30)18-22(28)25(31)32-20-21(27)19-26/h21-22,26-28H,2-20H2,1H3.